The zero-order valence-corrected chi connectivity index (χ0v) is 15.1. The molecule has 0 N–H and O–H groups in total. The van der Waals surface area contributed by atoms with Gasteiger partial charge in [-0.25, -0.2) is 4.79 Å². The van der Waals surface area contributed by atoms with Crippen molar-refractivity contribution in [3.63, 3.8) is 0 Å². The first-order chi connectivity index (χ1) is 11.1. The molecule has 0 spiro atoms. The molecule has 0 saturated heterocycles. The number of nitrogens with zero attached hydrogens (tertiary/aromatic N) is 3. The molecule has 0 atom stereocenters. The van der Waals surface area contributed by atoms with Crippen molar-refractivity contribution in [1.29, 1.82) is 0 Å². The van der Waals surface area contributed by atoms with Gasteiger partial charge in [0.25, 0.3) is 0 Å². The van der Waals surface area contributed by atoms with Crippen LogP contribution in [0.15, 0.2) is 28.5 Å². The van der Waals surface area contributed by atoms with E-state index < -0.39 is 17.5 Å². The van der Waals surface area contributed by atoms with Crippen LogP contribution in [0.4, 0.5) is 14.5 Å². The van der Waals surface area contributed by atoms with E-state index in [1.807, 2.05) is 27.7 Å². The molecule has 24 heavy (non-hydrogen) atoms. The van der Waals surface area contributed by atoms with E-state index >= 15 is 0 Å². The molecule has 134 valence electrons. The molecule has 0 radical (unpaired) electrons. The Morgan fingerprint density at radius 3 is 2.38 bits per heavy atom. The van der Waals surface area contributed by atoms with Gasteiger partial charge in [-0.3, -0.25) is 5.01 Å². The van der Waals surface area contributed by atoms with Crippen LogP contribution < -0.4 is 0 Å². The highest BCUT2D eigenvalue weighted by molar-refractivity contribution is 6.30. The van der Waals surface area contributed by atoms with Crippen LogP contribution in [-0.2, 0) is 15.5 Å². The first-order valence-corrected chi connectivity index (χ1v) is 8.04. The monoisotopic (exact) mass is 361 g/mol. The summed E-state index contributed by atoms with van der Waals surface area (Å²) in [5, 5.41) is 9.67. The third kappa shape index (κ3) is 4.87. The van der Waals surface area contributed by atoms with Gasteiger partial charge in [0.1, 0.15) is 0 Å². The summed E-state index contributed by atoms with van der Waals surface area (Å²) in [6, 6.07) is 3.79. The van der Waals surface area contributed by atoms with Crippen molar-refractivity contribution < 1.29 is 18.3 Å². The Hall–Kier alpha value is -1.76. The molecule has 0 bridgehead atoms. The van der Waals surface area contributed by atoms with E-state index in [1.54, 1.807) is 5.01 Å². The maximum Gasteiger partial charge on any atom is 0.382 e. The lowest BCUT2D eigenvalue weighted by molar-refractivity contribution is -0.173. The summed E-state index contributed by atoms with van der Waals surface area (Å²) in [5.41, 5.74) is -0.770. The lowest BCUT2D eigenvalue weighted by Crippen LogP contribution is -2.31. The van der Waals surface area contributed by atoms with Gasteiger partial charge in [-0.05, 0) is 52.8 Å². The Morgan fingerprint density at radius 1 is 1.29 bits per heavy atom. The second kappa shape index (κ2) is 8.37. The molecule has 1 aromatic carbocycles. The second-order valence-electron chi connectivity index (χ2n) is 5.71. The molecule has 8 heteroatoms. The third-order valence-electron chi connectivity index (χ3n) is 3.14. The molecule has 0 aliphatic rings. The normalized spacial score (nSPS) is 12.2. The van der Waals surface area contributed by atoms with Crippen molar-refractivity contribution in [2.45, 2.75) is 52.6 Å². The topological polar surface area (TPSA) is 54.3 Å². The lowest BCUT2D eigenvalue weighted by Gasteiger charge is -2.26. The summed E-state index contributed by atoms with van der Waals surface area (Å²) in [6.45, 7) is 8.95. The highest BCUT2D eigenvalue weighted by Gasteiger charge is 2.45. The average molecular weight is 362 g/mol. The SMILES string of the molecule is CCOC(=O)C(F)(F)c1cc(Cl)ccc1N=NN(C(C)C)C(C)C. The van der Waals surface area contributed by atoms with E-state index in [0.717, 1.165) is 6.07 Å². The van der Waals surface area contributed by atoms with Gasteiger partial charge in [0.2, 0.25) is 0 Å². The van der Waals surface area contributed by atoms with Crippen LogP contribution >= 0.6 is 11.6 Å². The van der Waals surface area contributed by atoms with Gasteiger partial charge < -0.3 is 4.74 Å². The van der Waals surface area contributed by atoms with E-state index in [9.17, 15) is 13.6 Å². The Bertz CT molecular complexity index is 599. The molecular weight excluding hydrogens is 340 g/mol. The van der Waals surface area contributed by atoms with Gasteiger partial charge in [0.05, 0.1) is 17.9 Å². The number of alkyl halides is 2. The van der Waals surface area contributed by atoms with Gasteiger partial charge in [-0.2, -0.15) is 8.78 Å². The molecule has 0 aliphatic carbocycles. The van der Waals surface area contributed by atoms with Crippen LogP contribution in [0.5, 0.6) is 0 Å². The Morgan fingerprint density at radius 2 is 1.88 bits per heavy atom. The number of esters is 1. The zero-order valence-electron chi connectivity index (χ0n) is 14.4. The predicted octanol–water partition coefficient (Wildman–Crippen LogP) is 5.11. The highest BCUT2D eigenvalue weighted by Crippen LogP contribution is 2.38. The predicted molar refractivity (Wildman–Crippen MR) is 88.6 cm³/mol. The molecule has 0 unspecified atom stereocenters. The number of carbonyl (C=O) groups is 1. The fraction of sp³-hybridized carbons (Fsp3) is 0.562. The molecule has 0 amide bonds. The maximum absolute atomic E-state index is 14.4. The van der Waals surface area contributed by atoms with Crippen LogP contribution in [-0.4, -0.2) is 29.7 Å². The maximum atomic E-state index is 14.4. The molecule has 0 aromatic heterocycles. The minimum Gasteiger partial charge on any atom is -0.461 e. The summed E-state index contributed by atoms with van der Waals surface area (Å²) in [7, 11) is 0. The van der Waals surface area contributed by atoms with E-state index in [4.69, 9.17) is 11.6 Å². The fourth-order valence-electron chi connectivity index (χ4n) is 2.08. The second-order valence-corrected chi connectivity index (χ2v) is 6.15. The lowest BCUT2D eigenvalue weighted by atomic mass is 10.1. The van der Waals surface area contributed by atoms with Gasteiger partial charge in [0.15, 0.2) is 0 Å². The Labute approximate surface area is 145 Å². The molecule has 0 heterocycles. The molecule has 0 aliphatic heterocycles. The van der Waals surface area contributed by atoms with Crippen molar-refractivity contribution in [3.05, 3.63) is 28.8 Å². The Balaban J connectivity index is 3.29. The van der Waals surface area contributed by atoms with Crippen LogP contribution in [0, 0.1) is 0 Å². The smallest absolute Gasteiger partial charge is 0.382 e. The standard InChI is InChI=1S/C16H22ClF2N3O2/c1-6-24-15(23)16(18,19)13-9-12(17)7-8-14(13)20-21-22(10(2)3)11(4)5/h7-11H,6H2,1-5H3. The van der Waals surface area contributed by atoms with Crippen LogP contribution in [0.3, 0.4) is 0 Å². The highest BCUT2D eigenvalue weighted by atomic mass is 35.5. The first kappa shape index (κ1) is 20.3. The van der Waals surface area contributed by atoms with Crippen molar-refractivity contribution in [1.82, 2.24) is 5.01 Å². The third-order valence-corrected chi connectivity index (χ3v) is 3.38. The fourth-order valence-corrected chi connectivity index (χ4v) is 2.25. The molecule has 5 nitrogen and oxygen atoms in total. The van der Waals surface area contributed by atoms with Crippen molar-refractivity contribution in [2.24, 2.45) is 10.3 Å². The van der Waals surface area contributed by atoms with Crippen molar-refractivity contribution >= 4 is 23.3 Å². The zero-order chi connectivity index (χ0) is 18.5. The number of ether oxygens (including phenoxy) is 1. The molecule has 1 rings (SSSR count). The molecular formula is C16H22ClF2N3O2. The van der Waals surface area contributed by atoms with Crippen LogP contribution in [0.25, 0.3) is 0 Å². The van der Waals surface area contributed by atoms with E-state index in [0.29, 0.717) is 0 Å². The summed E-state index contributed by atoms with van der Waals surface area (Å²) < 4.78 is 33.2. The van der Waals surface area contributed by atoms with Gasteiger partial charge in [-0.15, -0.1) is 5.11 Å². The van der Waals surface area contributed by atoms with Gasteiger partial charge in [-0.1, -0.05) is 16.8 Å². The number of benzene rings is 1. The van der Waals surface area contributed by atoms with Crippen molar-refractivity contribution in [3.8, 4) is 0 Å². The summed E-state index contributed by atoms with van der Waals surface area (Å²) in [5.74, 6) is -5.51. The number of carbonyl (C=O) groups excluding carboxylic acids is 1. The first-order valence-electron chi connectivity index (χ1n) is 7.66. The molecule has 0 fully saturated rings. The minimum absolute atomic E-state index is 0.0371. The summed E-state index contributed by atoms with van der Waals surface area (Å²) >= 11 is 5.80. The number of hydrogen-bond acceptors (Lipinski definition) is 4. The van der Waals surface area contributed by atoms with Crippen molar-refractivity contribution in [2.75, 3.05) is 6.61 Å². The quantitative estimate of drug-likeness (QED) is 0.385. The van der Waals surface area contributed by atoms with Crippen LogP contribution in [0.1, 0.15) is 40.2 Å². The Kier molecular flexibility index (Phi) is 7.08. The summed E-state index contributed by atoms with van der Waals surface area (Å²) in [4.78, 5) is 11.6. The summed E-state index contributed by atoms with van der Waals surface area (Å²) in [6.07, 6.45) is 0. The largest absolute Gasteiger partial charge is 0.461 e. The number of halogens is 3. The van der Waals surface area contributed by atoms with Crippen LogP contribution in [0.2, 0.25) is 5.02 Å². The van der Waals surface area contributed by atoms with Gasteiger partial charge in [0, 0.05) is 17.1 Å². The van der Waals surface area contributed by atoms with E-state index in [1.165, 1.54) is 19.1 Å². The van der Waals surface area contributed by atoms with E-state index in [2.05, 4.69) is 15.1 Å². The number of rotatable bonds is 7. The van der Waals surface area contributed by atoms with E-state index in [-0.39, 0.29) is 29.4 Å². The molecule has 0 saturated carbocycles. The van der Waals surface area contributed by atoms with Gasteiger partial charge >= 0.3 is 11.9 Å². The molecule has 1 aromatic rings. The number of hydrogen-bond donors (Lipinski definition) is 0. The minimum atomic E-state index is -3.87. The average Bonchev–Trinajstić information content (AvgIpc) is 2.48.